The first-order valence-electron chi connectivity index (χ1n) is 12.9. The van der Waals surface area contributed by atoms with Crippen molar-refractivity contribution in [2.45, 2.75) is 25.0 Å². The summed E-state index contributed by atoms with van der Waals surface area (Å²) in [6, 6.07) is 9.90. The Morgan fingerprint density at radius 3 is 2.56 bits per heavy atom. The number of pyridine rings is 1. The van der Waals surface area contributed by atoms with Crippen molar-refractivity contribution < 1.29 is 18.3 Å². The lowest BCUT2D eigenvalue weighted by Crippen LogP contribution is -2.47. The van der Waals surface area contributed by atoms with Gasteiger partial charge in [-0.2, -0.15) is 0 Å². The molecule has 13 heteroatoms. The van der Waals surface area contributed by atoms with E-state index < -0.39 is 30.5 Å². The van der Waals surface area contributed by atoms with E-state index >= 15 is 0 Å². The first-order valence-corrected chi connectivity index (χ1v) is 14.1. The highest BCUT2D eigenvalue weighted by Crippen LogP contribution is 2.56. The Morgan fingerprint density at radius 2 is 1.86 bits per heavy atom. The average Bonchev–Trinajstić information content (AvgIpc) is 3.39. The number of benzene rings is 3. The molecule has 6 rings (SSSR count). The van der Waals surface area contributed by atoms with Gasteiger partial charge < -0.3 is 25.5 Å². The fourth-order valence-corrected chi connectivity index (χ4v) is 6.54. The summed E-state index contributed by atoms with van der Waals surface area (Å²) < 4.78 is 42.3. The average molecular weight is 643 g/mol. The van der Waals surface area contributed by atoms with E-state index in [1.165, 1.54) is 34.9 Å². The van der Waals surface area contributed by atoms with Crippen molar-refractivity contribution in [1.82, 2.24) is 10.3 Å². The lowest BCUT2D eigenvalue weighted by Gasteiger charge is -2.35. The van der Waals surface area contributed by atoms with Gasteiger partial charge in [-0.15, -0.1) is 0 Å². The quantitative estimate of drug-likeness (QED) is 0.186. The van der Waals surface area contributed by atoms with Gasteiger partial charge in [-0.05, 0) is 49.4 Å². The van der Waals surface area contributed by atoms with Gasteiger partial charge in [0.1, 0.15) is 25.3 Å². The molecule has 2 radical (unpaired) electrons. The molecular formula is C30H22BCl3F3N5O. The van der Waals surface area contributed by atoms with Crippen LogP contribution in [0.4, 0.5) is 36.1 Å². The summed E-state index contributed by atoms with van der Waals surface area (Å²) in [5.74, 6) is -0.117. The van der Waals surface area contributed by atoms with E-state index in [0.29, 0.717) is 60.4 Å². The predicted octanol–water partition coefficient (Wildman–Crippen LogP) is 7.94. The number of anilines is 4. The van der Waals surface area contributed by atoms with Gasteiger partial charge in [0.2, 0.25) is 0 Å². The zero-order valence-corrected chi connectivity index (χ0v) is 24.8. The molecule has 1 aromatic heterocycles. The topological polar surface area (TPSA) is 63.7 Å². The van der Waals surface area contributed by atoms with Gasteiger partial charge in [-0.1, -0.05) is 48.0 Å². The highest BCUT2D eigenvalue weighted by Gasteiger charge is 2.45. The second-order valence-electron chi connectivity index (χ2n) is 10.4. The first-order chi connectivity index (χ1) is 20.3. The second-order valence-corrected chi connectivity index (χ2v) is 11.7. The molecule has 2 unspecified atom stereocenters. The van der Waals surface area contributed by atoms with Crippen molar-refractivity contribution in [2.75, 3.05) is 21.7 Å². The van der Waals surface area contributed by atoms with Gasteiger partial charge in [0.25, 0.3) is 6.43 Å². The number of nitrogens with one attached hydrogen (secondary N) is 2. The molecule has 0 saturated carbocycles. The minimum atomic E-state index is -2.75. The third-order valence-corrected chi connectivity index (χ3v) is 8.28. The van der Waals surface area contributed by atoms with Crippen LogP contribution in [0.2, 0.25) is 15.1 Å². The summed E-state index contributed by atoms with van der Waals surface area (Å²) >= 11 is 19.4. The van der Waals surface area contributed by atoms with E-state index in [2.05, 4.69) is 28.8 Å². The van der Waals surface area contributed by atoms with Crippen LogP contribution in [-0.2, 0) is 0 Å². The Labute approximate surface area is 261 Å². The number of alkyl halides is 2. The molecule has 3 heterocycles. The molecule has 0 saturated heterocycles. The van der Waals surface area contributed by atoms with Crippen LogP contribution >= 0.6 is 34.8 Å². The summed E-state index contributed by atoms with van der Waals surface area (Å²) in [5.41, 5.74) is 0.671. The molecule has 6 nitrogen and oxygen atoms in total. The Bertz CT molecular complexity index is 1850. The molecule has 0 spiro atoms. The number of halogens is 6. The first kappa shape index (κ1) is 29.5. The standard InChI is InChI=1S/C30H22BCl3F3N5O/c1-13-25-26(27(39-13)19-10-16(35)4-5-20(19)33)22(40-29-18-8-15(32)9-21(34)17(18)6-7-38-29)11-23-28(25)42(30(3,31)43)14(2)41(23)12-24(36)37/h4-11,24,27,39,43H,1-2,12H2,3H3,(H,38,40). The lowest BCUT2D eigenvalue weighted by atomic mass is 9.89. The minimum absolute atomic E-state index is 0.0315. The van der Waals surface area contributed by atoms with Gasteiger partial charge in [0, 0.05) is 55.1 Å². The Balaban J connectivity index is 1.66. The van der Waals surface area contributed by atoms with E-state index in [0.717, 1.165) is 0 Å². The van der Waals surface area contributed by atoms with Crippen LogP contribution in [0.15, 0.2) is 67.6 Å². The SMILES string of the molecule is [B]C(C)(O)N1C(=C)N(CC(F)F)c2cc(Nc3nccc4c(Cl)cc(Cl)cc34)c3c(c21)C(=C)NC3c1cc(F)ccc1Cl. The molecule has 218 valence electrons. The van der Waals surface area contributed by atoms with Crippen molar-refractivity contribution >= 4 is 82.0 Å². The summed E-state index contributed by atoms with van der Waals surface area (Å²) in [6.07, 6.45) is -1.19. The van der Waals surface area contributed by atoms with E-state index in [-0.39, 0.29) is 16.5 Å². The third-order valence-electron chi connectivity index (χ3n) is 7.40. The third kappa shape index (κ3) is 4.96. The van der Waals surface area contributed by atoms with E-state index in [1.54, 1.807) is 30.5 Å². The van der Waals surface area contributed by atoms with Crippen molar-refractivity contribution in [3.8, 4) is 0 Å². The van der Waals surface area contributed by atoms with Crippen molar-refractivity contribution in [3.05, 3.63) is 105 Å². The van der Waals surface area contributed by atoms with E-state index in [1.807, 2.05) is 0 Å². The molecule has 0 fully saturated rings. The largest absolute Gasteiger partial charge is 0.380 e. The normalized spacial score (nSPS) is 17.4. The summed E-state index contributed by atoms with van der Waals surface area (Å²) in [6.45, 7) is 8.74. The molecule has 3 N–H and O–H groups in total. The molecule has 2 atom stereocenters. The van der Waals surface area contributed by atoms with Gasteiger partial charge in [0.15, 0.2) is 0 Å². The zero-order chi connectivity index (χ0) is 31.0. The van der Waals surface area contributed by atoms with Gasteiger partial charge in [-0.25, -0.2) is 18.2 Å². The monoisotopic (exact) mass is 641 g/mol. The van der Waals surface area contributed by atoms with Crippen LogP contribution in [0, 0.1) is 5.82 Å². The smallest absolute Gasteiger partial charge is 0.256 e. The number of aromatic nitrogens is 1. The maximum Gasteiger partial charge on any atom is 0.256 e. The van der Waals surface area contributed by atoms with Crippen LogP contribution in [0.1, 0.15) is 29.7 Å². The number of aliphatic hydroxyl groups is 1. The highest BCUT2D eigenvalue weighted by atomic mass is 35.5. The van der Waals surface area contributed by atoms with Crippen molar-refractivity contribution in [1.29, 1.82) is 0 Å². The summed E-state index contributed by atoms with van der Waals surface area (Å²) in [4.78, 5) is 7.05. The van der Waals surface area contributed by atoms with Gasteiger partial charge in [0.05, 0.1) is 34.6 Å². The van der Waals surface area contributed by atoms with E-state index in [9.17, 15) is 18.3 Å². The summed E-state index contributed by atoms with van der Waals surface area (Å²) in [5, 5.41) is 19.9. The van der Waals surface area contributed by atoms with Crippen LogP contribution in [0.5, 0.6) is 0 Å². The molecule has 2 aliphatic heterocycles. The lowest BCUT2D eigenvalue weighted by molar-refractivity contribution is 0.146. The zero-order valence-electron chi connectivity index (χ0n) is 22.5. The Morgan fingerprint density at radius 1 is 1.12 bits per heavy atom. The highest BCUT2D eigenvalue weighted by molar-refractivity contribution is 6.39. The van der Waals surface area contributed by atoms with Crippen molar-refractivity contribution in [3.63, 3.8) is 0 Å². The van der Waals surface area contributed by atoms with Gasteiger partial charge in [-0.3, -0.25) is 0 Å². The number of fused-ring (bicyclic) bond motifs is 4. The molecule has 2 aliphatic rings. The van der Waals surface area contributed by atoms with Crippen LogP contribution in [-0.4, -0.2) is 36.5 Å². The molecule has 3 aromatic carbocycles. The Hall–Kier alpha value is -3.57. The second kappa shape index (κ2) is 10.6. The fourth-order valence-electron chi connectivity index (χ4n) is 5.75. The molecule has 0 aliphatic carbocycles. The predicted molar refractivity (Wildman–Crippen MR) is 168 cm³/mol. The number of hydrogen-bond donors (Lipinski definition) is 3. The fraction of sp³-hybridized carbons (Fsp3) is 0.167. The molecule has 0 amide bonds. The number of hydrogen-bond acceptors (Lipinski definition) is 6. The minimum Gasteiger partial charge on any atom is -0.380 e. The van der Waals surface area contributed by atoms with Crippen LogP contribution in [0.25, 0.3) is 16.5 Å². The van der Waals surface area contributed by atoms with Gasteiger partial charge >= 0.3 is 0 Å². The van der Waals surface area contributed by atoms with Crippen molar-refractivity contribution in [2.24, 2.45) is 0 Å². The van der Waals surface area contributed by atoms with Crippen LogP contribution < -0.4 is 20.4 Å². The molecule has 4 aromatic rings. The van der Waals surface area contributed by atoms with Crippen LogP contribution in [0.3, 0.4) is 0 Å². The number of rotatable bonds is 6. The number of nitrogens with zero attached hydrogens (tertiary/aromatic N) is 3. The van der Waals surface area contributed by atoms with E-state index in [4.69, 9.17) is 42.6 Å². The molecule has 0 bridgehead atoms. The summed E-state index contributed by atoms with van der Waals surface area (Å²) in [7, 11) is 6.16. The molecule has 43 heavy (non-hydrogen) atoms. The maximum atomic E-state index is 14.5. The molecular weight excluding hydrogens is 621 g/mol. The maximum absolute atomic E-state index is 14.5. The Kier molecular flexibility index (Phi) is 7.24.